The minimum atomic E-state index is -0.0362. The van der Waals surface area contributed by atoms with E-state index in [1.807, 2.05) is 27.7 Å². The molecule has 0 saturated carbocycles. The average Bonchev–Trinajstić information content (AvgIpc) is 3.17. The van der Waals surface area contributed by atoms with Crippen molar-refractivity contribution in [2.75, 3.05) is 6.61 Å². The van der Waals surface area contributed by atoms with E-state index in [0.717, 1.165) is 25.7 Å². The Morgan fingerprint density at radius 2 is 0.632 bits per heavy atom. The molecule has 0 aromatic heterocycles. The van der Waals surface area contributed by atoms with Crippen molar-refractivity contribution in [3.8, 4) is 0 Å². The third kappa shape index (κ3) is 51.0. The van der Waals surface area contributed by atoms with Crippen LogP contribution in [-0.4, -0.2) is 35.9 Å². The van der Waals surface area contributed by atoms with E-state index in [1.54, 1.807) is 0 Å². The maximum absolute atomic E-state index is 12.6. The van der Waals surface area contributed by atoms with Crippen molar-refractivity contribution in [1.82, 2.24) is 0 Å². The summed E-state index contributed by atoms with van der Waals surface area (Å²) in [4.78, 5) is 23.9. The molecule has 0 aromatic carbocycles. The van der Waals surface area contributed by atoms with E-state index in [4.69, 9.17) is 14.6 Å². The summed E-state index contributed by atoms with van der Waals surface area (Å²) in [6.45, 7) is 12.6. The molecule has 1 N–H and O–H groups in total. The van der Waals surface area contributed by atoms with Gasteiger partial charge in [0.1, 0.15) is 0 Å². The van der Waals surface area contributed by atoms with Gasteiger partial charge in [-0.3, -0.25) is 9.59 Å². The van der Waals surface area contributed by atoms with Crippen LogP contribution in [0.15, 0.2) is 0 Å². The van der Waals surface area contributed by atoms with Crippen molar-refractivity contribution >= 4 is 11.9 Å². The van der Waals surface area contributed by atoms with Gasteiger partial charge in [-0.15, -0.1) is 0 Å². The predicted octanol–water partition coefficient (Wildman–Crippen LogP) is 17.1. The molecule has 0 spiro atoms. The first-order chi connectivity index (χ1) is 27.8. The molecule has 0 aliphatic carbocycles. The second kappa shape index (κ2) is 49.3. The van der Waals surface area contributed by atoms with Crippen molar-refractivity contribution in [1.29, 1.82) is 0 Å². The van der Waals surface area contributed by atoms with Gasteiger partial charge in [0.05, 0.1) is 18.1 Å². The minimum Gasteiger partial charge on any atom is -0.463 e. The summed E-state index contributed by atoms with van der Waals surface area (Å²) >= 11 is 0. The lowest BCUT2D eigenvalue weighted by molar-refractivity contribution is -0.153. The Bertz CT molecular complexity index is 780. The minimum absolute atomic E-state index is 0.00163. The van der Waals surface area contributed by atoms with Crippen molar-refractivity contribution in [2.45, 2.75) is 311 Å². The molecule has 0 radical (unpaired) electrons. The second-order valence-corrected chi connectivity index (χ2v) is 18.1. The van der Waals surface area contributed by atoms with Gasteiger partial charge in [0.2, 0.25) is 0 Å². The number of ether oxygens (including phenoxy) is 2. The van der Waals surface area contributed by atoms with Crippen molar-refractivity contribution in [3.63, 3.8) is 0 Å². The number of aliphatic hydroxyl groups excluding tert-OH is 1. The van der Waals surface area contributed by atoms with Gasteiger partial charge in [0.15, 0.2) is 0 Å². The van der Waals surface area contributed by atoms with E-state index in [2.05, 4.69) is 13.8 Å². The van der Waals surface area contributed by atoms with Crippen LogP contribution in [0, 0.1) is 5.92 Å². The molecule has 1 atom stereocenters. The van der Waals surface area contributed by atoms with Gasteiger partial charge >= 0.3 is 11.9 Å². The zero-order chi connectivity index (χ0) is 42.3. The molecule has 1 unspecified atom stereocenters. The number of unbranched alkanes of at least 4 members (excludes halogenated alkanes) is 34. The fourth-order valence-corrected chi connectivity index (χ4v) is 7.82. The van der Waals surface area contributed by atoms with Crippen LogP contribution >= 0.6 is 0 Å². The summed E-state index contributed by atoms with van der Waals surface area (Å²) in [6.07, 6.45) is 51.6. The van der Waals surface area contributed by atoms with Crippen molar-refractivity contribution in [3.05, 3.63) is 0 Å². The molecule has 0 bridgehead atoms. The highest BCUT2D eigenvalue weighted by molar-refractivity contribution is 5.72. The lowest BCUT2D eigenvalue weighted by Crippen LogP contribution is -2.21. The first-order valence-corrected chi connectivity index (χ1v) is 25.8. The number of esters is 2. The van der Waals surface area contributed by atoms with E-state index in [9.17, 15) is 9.59 Å². The summed E-state index contributed by atoms with van der Waals surface area (Å²) in [5.74, 6) is 0.131. The van der Waals surface area contributed by atoms with Crippen LogP contribution in [-0.2, 0) is 19.1 Å². The van der Waals surface area contributed by atoms with Gasteiger partial charge in [0, 0.05) is 13.0 Å². The summed E-state index contributed by atoms with van der Waals surface area (Å²) in [5, 5.41) is 8.81. The highest BCUT2D eigenvalue weighted by atomic mass is 16.5. The Hall–Kier alpha value is -1.10. The molecule has 0 aliphatic heterocycles. The predicted molar refractivity (Wildman–Crippen MR) is 249 cm³/mol. The summed E-state index contributed by atoms with van der Waals surface area (Å²) in [5.41, 5.74) is 0. The van der Waals surface area contributed by atoms with E-state index < -0.39 is 0 Å². The zero-order valence-corrected chi connectivity index (χ0v) is 39.8. The summed E-state index contributed by atoms with van der Waals surface area (Å²) in [6, 6.07) is 0. The smallest absolute Gasteiger partial charge is 0.309 e. The maximum atomic E-state index is 12.6. The van der Waals surface area contributed by atoms with E-state index >= 15 is 0 Å². The standard InChI is InChI=1S/C35H70O3.C17H34O2/c1-4-5-6-7-8-9-10-15-18-21-24-27-30-34(35(37)38-33(2)3)31-28-25-22-19-16-13-11-12-14-17-20-23-26-29-32-36;1-4-5-6-7-8-9-10-11-12-13-14-15-17(18)19-16(2)3/h33-34,36H,4-32H2,1-3H3;16H,4-15H2,1-3H3. The molecular formula is C52H104O5. The lowest BCUT2D eigenvalue weighted by Gasteiger charge is -2.18. The largest absolute Gasteiger partial charge is 0.463 e. The fraction of sp³-hybridized carbons (Fsp3) is 0.962. The molecule has 0 saturated heterocycles. The Morgan fingerprint density at radius 3 is 0.912 bits per heavy atom. The molecular weight excluding hydrogens is 705 g/mol. The van der Waals surface area contributed by atoms with Crippen molar-refractivity contribution < 1.29 is 24.2 Å². The molecule has 5 heteroatoms. The molecule has 0 amide bonds. The molecule has 0 aromatic rings. The highest BCUT2D eigenvalue weighted by Gasteiger charge is 2.20. The van der Waals surface area contributed by atoms with Crippen LogP contribution < -0.4 is 0 Å². The fourth-order valence-electron chi connectivity index (χ4n) is 7.82. The molecule has 342 valence electrons. The van der Waals surface area contributed by atoms with Crippen LogP contribution in [0.4, 0.5) is 0 Å². The number of aliphatic hydroxyl groups is 1. The van der Waals surface area contributed by atoms with Gasteiger partial charge in [-0.2, -0.15) is 0 Å². The molecule has 0 rings (SSSR count). The summed E-state index contributed by atoms with van der Waals surface area (Å²) in [7, 11) is 0. The van der Waals surface area contributed by atoms with E-state index in [-0.39, 0.29) is 30.1 Å². The van der Waals surface area contributed by atoms with Gasteiger partial charge in [-0.25, -0.2) is 0 Å². The molecule has 57 heavy (non-hydrogen) atoms. The normalized spacial score (nSPS) is 11.9. The molecule has 5 nitrogen and oxygen atoms in total. The first-order valence-electron chi connectivity index (χ1n) is 25.8. The number of hydrogen-bond acceptors (Lipinski definition) is 5. The summed E-state index contributed by atoms with van der Waals surface area (Å²) < 4.78 is 10.7. The van der Waals surface area contributed by atoms with Gasteiger partial charge in [-0.1, -0.05) is 239 Å². The Kier molecular flexibility index (Phi) is 50.1. The van der Waals surface area contributed by atoms with Crippen LogP contribution in [0.2, 0.25) is 0 Å². The average molecular weight is 809 g/mol. The number of hydrogen-bond donors (Lipinski definition) is 1. The van der Waals surface area contributed by atoms with E-state index in [1.165, 1.54) is 225 Å². The monoisotopic (exact) mass is 809 g/mol. The number of carbonyl (C=O) groups is 2. The topological polar surface area (TPSA) is 72.8 Å². The Balaban J connectivity index is 0. The van der Waals surface area contributed by atoms with Crippen molar-refractivity contribution in [2.24, 2.45) is 5.92 Å². The quantitative estimate of drug-likeness (QED) is 0.0490. The number of rotatable bonds is 44. The van der Waals surface area contributed by atoms with E-state index in [0.29, 0.717) is 13.0 Å². The lowest BCUT2D eigenvalue weighted by atomic mass is 9.94. The third-order valence-electron chi connectivity index (χ3n) is 11.4. The first kappa shape index (κ1) is 58.0. The second-order valence-electron chi connectivity index (χ2n) is 18.1. The van der Waals surface area contributed by atoms with Crippen LogP contribution in [0.1, 0.15) is 298 Å². The SMILES string of the molecule is CCCCCCCCCCCCCC(=O)OC(C)C.CCCCCCCCCCCCCCC(CCCCCCCCCCCCCCCCO)C(=O)OC(C)C. The van der Waals surface area contributed by atoms with Crippen LogP contribution in [0.3, 0.4) is 0 Å². The number of carbonyl (C=O) groups excluding carboxylic acids is 2. The van der Waals surface area contributed by atoms with Crippen LogP contribution in [0.5, 0.6) is 0 Å². The highest BCUT2D eigenvalue weighted by Crippen LogP contribution is 2.22. The van der Waals surface area contributed by atoms with Crippen LogP contribution in [0.25, 0.3) is 0 Å². The Morgan fingerprint density at radius 1 is 0.368 bits per heavy atom. The maximum Gasteiger partial charge on any atom is 0.309 e. The van der Waals surface area contributed by atoms with Gasteiger partial charge in [-0.05, 0) is 53.4 Å². The molecule has 0 fully saturated rings. The van der Waals surface area contributed by atoms with Gasteiger partial charge in [0.25, 0.3) is 0 Å². The third-order valence-corrected chi connectivity index (χ3v) is 11.4. The molecule has 0 heterocycles. The molecule has 0 aliphatic rings. The van der Waals surface area contributed by atoms with Gasteiger partial charge < -0.3 is 14.6 Å². The zero-order valence-electron chi connectivity index (χ0n) is 39.8. The Labute approximate surface area is 358 Å².